The Balaban J connectivity index is 2.27. The topological polar surface area (TPSA) is 64.3 Å². The quantitative estimate of drug-likeness (QED) is 0.846. The van der Waals surface area contributed by atoms with Gasteiger partial charge in [0.1, 0.15) is 11.6 Å². The number of rotatable bonds is 4. The van der Waals surface area contributed by atoms with E-state index in [1.165, 1.54) is 30.3 Å². The van der Waals surface area contributed by atoms with Crippen molar-refractivity contribution in [2.24, 2.45) is 0 Å². The fourth-order valence-electron chi connectivity index (χ4n) is 1.80. The molecule has 0 radical (unpaired) electrons. The standard InChI is InChI=1S/C15H14ClFN2O2/c1-2-21-14-8-10(17)4-6-13(14)19-15(20)11-5-3-9(16)7-12(11)18/h3-8H,2,18H2,1H3,(H,19,20). The van der Waals surface area contributed by atoms with Crippen LogP contribution in [-0.4, -0.2) is 12.5 Å². The van der Waals surface area contributed by atoms with Crippen molar-refractivity contribution in [3.8, 4) is 5.75 Å². The molecule has 0 unspecified atom stereocenters. The molecule has 6 heteroatoms. The molecule has 21 heavy (non-hydrogen) atoms. The van der Waals surface area contributed by atoms with Gasteiger partial charge in [-0.3, -0.25) is 4.79 Å². The first kappa shape index (κ1) is 15.1. The molecule has 2 aromatic rings. The molecule has 0 spiro atoms. The summed E-state index contributed by atoms with van der Waals surface area (Å²) in [7, 11) is 0. The van der Waals surface area contributed by atoms with Crippen LogP contribution in [0.15, 0.2) is 36.4 Å². The van der Waals surface area contributed by atoms with E-state index in [2.05, 4.69) is 5.32 Å². The predicted octanol–water partition coefficient (Wildman–Crippen LogP) is 3.71. The zero-order chi connectivity index (χ0) is 15.4. The van der Waals surface area contributed by atoms with E-state index >= 15 is 0 Å². The first-order valence-electron chi connectivity index (χ1n) is 6.30. The van der Waals surface area contributed by atoms with E-state index in [4.69, 9.17) is 22.1 Å². The fraction of sp³-hybridized carbons (Fsp3) is 0.133. The van der Waals surface area contributed by atoms with E-state index in [-0.39, 0.29) is 17.0 Å². The van der Waals surface area contributed by atoms with Gasteiger partial charge in [0.05, 0.1) is 17.9 Å². The van der Waals surface area contributed by atoms with Gasteiger partial charge in [-0.2, -0.15) is 0 Å². The lowest BCUT2D eigenvalue weighted by Gasteiger charge is -2.12. The van der Waals surface area contributed by atoms with Crippen LogP contribution in [0.1, 0.15) is 17.3 Å². The number of hydrogen-bond donors (Lipinski definition) is 2. The van der Waals surface area contributed by atoms with E-state index in [0.29, 0.717) is 17.3 Å². The third-order valence-corrected chi connectivity index (χ3v) is 2.99. The predicted molar refractivity (Wildman–Crippen MR) is 81.4 cm³/mol. The largest absolute Gasteiger partial charge is 0.492 e. The molecular weight excluding hydrogens is 295 g/mol. The fourth-order valence-corrected chi connectivity index (χ4v) is 1.98. The van der Waals surface area contributed by atoms with Crippen molar-refractivity contribution in [1.82, 2.24) is 0 Å². The number of hydrogen-bond acceptors (Lipinski definition) is 3. The van der Waals surface area contributed by atoms with Gasteiger partial charge in [-0.15, -0.1) is 0 Å². The Hall–Kier alpha value is -2.27. The van der Waals surface area contributed by atoms with Crippen molar-refractivity contribution < 1.29 is 13.9 Å². The molecular formula is C15H14ClFN2O2. The summed E-state index contributed by atoms with van der Waals surface area (Å²) < 4.78 is 18.5. The molecule has 0 fully saturated rings. The Morgan fingerprint density at radius 2 is 2.10 bits per heavy atom. The number of nitrogens with two attached hydrogens (primary N) is 1. The van der Waals surface area contributed by atoms with Crippen LogP contribution in [0.4, 0.5) is 15.8 Å². The summed E-state index contributed by atoms with van der Waals surface area (Å²) in [5.41, 5.74) is 6.68. The number of halogens is 2. The molecule has 4 nitrogen and oxygen atoms in total. The summed E-state index contributed by atoms with van der Waals surface area (Å²) in [5, 5.41) is 3.09. The molecule has 2 rings (SSSR count). The van der Waals surface area contributed by atoms with Crippen molar-refractivity contribution in [3.05, 3.63) is 52.8 Å². The van der Waals surface area contributed by atoms with E-state index in [1.54, 1.807) is 13.0 Å². The SMILES string of the molecule is CCOc1cc(F)ccc1NC(=O)c1ccc(Cl)cc1N. The Labute approximate surface area is 126 Å². The first-order valence-corrected chi connectivity index (χ1v) is 6.67. The average molecular weight is 309 g/mol. The number of carbonyl (C=O) groups excluding carboxylic acids is 1. The van der Waals surface area contributed by atoms with Gasteiger partial charge in [-0.1, -0.05) is 11.6 Å². The number of nitrogens with one attached hydrogen (secondary N) is 1. The van der Waals surface area contributed by atoms with Crippen LogP contribution in [0.25, 0.3) is 0 Å². The molecule has 0 saturated carbocycles. The second-order valence-electron chi connectivity index (χ2n) is 4.26. The van der Waals surface area contributed by atoms with Crippen molar-refractivity contribution in [2.75, 3.05) is 17.7 Å². The summed E-state index contributed by atoms with van der Waals surface area (Å²) in [4.78, 5) is 12.2. The molecule has 0 aromatic heterocycles. The summed E-state index contributed by atoms with van der Waals surface area (Å²) in [5.74, 6) is -0.599. The normalized spacial score (nSPS) is 10.2. The maximum absolute atomic E-state index is 13.2. The number of nitrogen functional groups attached to an aromatic ring is 1. The Kier molecular flexibility index (Phi) is 4.65. The Bertz CT molecular complexity index is 677. The summed E-state index contributed by atoms with van der Waals surface area (Å²) in [6, 6.07) is 8.47. The molecule has 1 amide bonds. The molecule has 0 heterocycles. The molecule has 0 saturated heterocycles. The lowest BCUT2D eigenvalue weighted by atomic mass is 10.1. The summed E-state index contributed by atoms with van der Waals surface area (Å²) in [6.07, 6.45) is 0. The highest BCUT2D eigenvalue weighted by Gasteiger charge is 2.13. The highest BCUT2D eigenvalue weighted by Crippen LogP contribution is 2.27. The number of anilines is 2. The minimum absolute atomic E-state index is 0.262. The number of amides is 1. The van der Waals surface area contributed by atoms with Crippen LogP contribution in [0.3, 0.4) is 0 Å². The van der Waals surface area contributed by atoms with Gasteiger partial charge >= 0.3 is 0 Å². The van der Waals surface area contributed by atoms with E-state index in [0.717, 1.165) is 0 Å². The molecule has 0 aliphatic rings. The number of benzene rings is 2. The molecule has 110 valence electrons. The Morgan fingerprint density at radius 1 is 1.33 bits per heavy atom. The van der Waals surface area contributed by atoms with Crippen LogP contribution in [0, 0.1) is 5.82 Å². The Morgan fingerprint density at radius 3 is 2.76 bits per heavy atom. The second-order valence-corrected chi connectivity index (χ2v) is 4.70. The number of carbonyl (C=O) groups is 1. The summed E-state index contributed by atoms with van der Waals surface area (Å²) >= 11 is 5.79. The van der Waals surface area contributed by atoms with Crippen LogP contribution >= 0.6 is 11.6 Å². The van der Waals surface area contributed by atoms with Crippen molar-refractivity contribution in [3.63, 3.8) is 0 Å². The van der Waals surface area contributed by atoms with E-state index < -0.39 is 11.7 Å². The lowest BCUT2D eigenvalue weighted by molar-refractivity contribution is 0.102. The van der Waals surface area contributed by atoms with Crippen molar-refractivity contribution >= 4 is 28.9 Å². The monoisotopic (exact) mass is 308 g/mol. The summed E-state index contributed by atoms with van der Waals surface area (Å²) in [6.45, 7) is 2.13. The first-order chi connectivity index (χ1) is 10.0. The van der Waals surface area contributed by atoms with E-state index in [9.17, 15) is 9.18 Å². The lowest BCUT2D eigenvalue weighted by Crippen LogP contribution is -2.15. The van der Waals surface area contributed by atoms with Gasteiger partial charge in [0.2, 0.25) is 0 Å². The van der Waals surface area contributed by atoms with Gasteiger partial charge in [-0.25, -0.2) is 4.39 Å². The third-order valence-electron chi connectivity index (χ3n) is 2.75. The molecule has 2 aromatic carbocycles. The minimum atomic E-state index is -0.442. The van der Waals surface area contributed by atoms with Crippen LogP contribution in [0.2, 0.25) is 5.02 Å². The average Bonchev–Trinajstić information content (AvgIpc) is 2.42. The van der Waals surface area contributed by atoms with Crippen molar-refractivity contribution in [1.29, 1.82) is 0 Å². The maximum atomic E-state index is 13.2. The maximum Gasteiger partial charge on any atom is 0.257 e. The smallest absolute Gasteiger partial charge is 0.257 e. The van der Waals surface area contributed by atoms with Gasteiger partial charge in [0, 0.05) is 16.8 Å². The van der Waals surface area contributed by atoms with Gasteiger partial charge < -0.3 is 15.8 Å². The minimum Gasteiger partial charge on any atom is -0.492 e. The zero-order valence-electron chi connectivity index (χ0n) is 11.3. The highest BCUT2D eigenvalue weighted by molar-refractivity contribution is 6.31. The van der Waals surface area contributed by atoms with Crippen LogP contribution < -0.4 is 15.8 Å². The van der Waals surface area contributed by atoms with Crippen LogP contribution in [0.5, 0.6) is 5.75 Å². The van der Waals surface area contributed by atoms with Crippen LogP contribution in [-0.2, 0) is 0 Å². The zero-order valence-corrected chi connectivity index (χ0v) is 12.1. The van der Waals surface area contributed by atoms with Gasteiger partial charge in [-0.05, 0) is 37.3 Å². The van der Waals surface area contributed by atoms with Crippen molar-refractivity contribution in [2.45, 2.75) is 6.92 Å². The molecule has 0 atom stereocenters. The number of ether oxygens (including phenoxy) is 1. The third kappa shape index (κ3) is 3.64. The van der Waals surface area contributed by atoms with E-state index in [1.807, 2.05) is 0 Å². The molecule has 0 bridgehead atoms. The van der Waals surface area contributed by atoms with Gasteiger partial charge in [0.15, 0.2) is 0 Å². The second kappa shape index (κ2) is 6.45. The molecule has 3 N–H and O–H groups in total. The highest BCUT2D eigenvalue weighted by atomic mass is 35.5. The molecule has 0 aliphatic heterocycles. The molecule has 0 aliphatic carbocycles. The van der Waals surface area contributed by atoms with Gasteiger partial charge in [0.25, 0.3) is 5.91 Å².